The van der Waals surface area contributed by atoms with E-state index in [1.165, 1.54) is 5.57 Å². The molecule has 3 aliphatic carbocycles. The molecule has 0 amide bonds. The molecule has 2 aromatic rings. The Morgan fingerprint density at radius 3 is 2.70 bits per heavy atom. The second-order valence-electron chi connectivity index (χ2n) is 12.6. The minimum atomic E-state index is -1.66. The first kappa shape index (κ1) is 23.8. The van der Waals surface area contributed by atoms with Gasteiger partial charge < -0.3 is 25.6 Å². The zero-order chi connectivity index (χ0) is 26.0. The standard InChI is InChI=1S/C30H36FN3O3/c1-27-8-10-29(31)14-21-25(35)26(36)22(34(2)3)15-28(21)9-11-30(29,37-28)23(27)7-6-20(27)17-4-5-18-16-33-24(32)13-19(18)12-17/h4-6,12-14,16,22-23,25-26,35-36H,7-11,15H2,1-3H3,(H2,32,33)/t22-,23?,25+,26+,27+,28+,29?,30-/m0/s1. The Bertz CT molecular complexity index is 1380. The molecular weight excluding hydrogens is 469 g/mol. The van der Waals surface area contributed by atoms with Crippen molar-refractivity contribution in [3.8, 4) is 0 Å². The van der Waals surface area contributed by atoms with Gasteiger partial charge in [-0.2, -0.15) is 0 Å². The molecule has 1 aromatic carbocycles. The van der Waals surface area contributed by atoms with Crippen LogP contribution in [0.1, 0.15) is 51.0 Å². The van der Waals surface area contributed by atoms with Gasteiger partial charge >= 0.3 is 0 Å². The Hall–Kier alpha value is -2.32. The Labute approximate surface area is 217 Å². The summed E-state index contributed by atoms with van der Waals surface area (Å²) in [6.07, 6.45) is 7.34. The van der Waals surface area contributed by atoms with Gasteiger partial charge in [-0.05, 0) is 98.3 Å². The number of likely N-dealkylation sites (N-methyl/N-ethyl adjacent to an activating group) is 1. The quantitative estimate of drug-likeness (QED) is 0.534. The molecule has 7 rings (SSSR count). The summed E-state index contributed by atoms with van der Waals surface area (Å²) in [5, 5.41) is 24.1. The lowest BCUT2D eigenvalue weighted by molar-refractivity contribution is -0.239. The maximum absolute atomic E-state index is 17.2. The number of aromatic nitrogens is 1. The highest BCUT2D eigenvalue weighted by molar-refractivity contribution is 5.88. The number of allylic oxidation sites excluding steroid dienone is 2. The predicted octanol–water partition coefficient (Wildman–Crippen LogP) is 4.01. The van der Waals surface area contributed by atoms with Crippen LogP contribution < -0.4 is 5.73 Å². The number of rotatable bonds is 2. The molecule has 3 fully saturated rings. The Morgan fingerprint density at radius 2 is 1.92 bits per heavy atom. The van der Waals surface area contributed by atoms with Crippen molar-refractivity contribution in [2.75, 3.05) is 19.8 Å². The predicted molar refractivity (Wildman–Crippen MR) is 141 cm³/mol. The number of halogens is 1. The summed E-state index contributed by atoms with van der Waals surface area (Å²) in [4.78, 5) is 6.16. The fourth-order valence-electron chi connectivity index (χ4n) is 8.76. The van der Waals surface area contributed by atoms with Gasteiger partial charge in [0.25, 0.3) is 0 Å². The van der Waals surface area contributed by atoms with Crippen molar-refractivity contribution < 1.29 is 19.3 Å². The van der Waals surface area contributed by atoms with Crippen molar-refractivity contribution in [3.63, 3.8) is 0 Å². The SMILES string of the molecule is CN(C)[C@H]1C[C@@]23CC[C@]4(O2)C2CC=C(c5ccc6cnc(N)cc6c5)[C@@]2(C)CCC4(F)C=C3[C@@H](O)[C@@H]1O. The number of benzene rings is 1. The van der Waals surface area contributed by atoms with Crippen LogP contribution in [0.5, 0.6) is 0 Å². The third-order valence-electron chi connectivity index (χ3n) is 10.7. The van der Waals surface area contributed by atoms with E-state index in [0.29, 0.717) is 43.5 Å². The molecule has 2 spiro atoms. The monoisotopic (exact) mass is 505 g/mol. The highest BCUT2D eigenvalue weighted by Gasteiger charge is 2.74. The number of nitrogen functional groups attached to an aromatic ring is 1. The number of aliphatic hydroxyl groups is 2. The van der Waals surface area contributed by atoms with E-state index in [1.54, 1.807) is 12.3 Å². The zero-order valence-corrected chi connectivity index (χ0v) is 21.7. The van der Waals surface area contributed by atoms with Crippen molar-refractivity contribution in [1.29, 1.82) is 0 Å². The number of nitrogens with two attached hydrogens (primary N) is 1. The summed E-state index contributed by atoms with van der Waals surface area (Å²) in [7, 11) is 3.83. The van der Waals surface area contributed by atoms with Crippen LogP contribution >= 0.6 is 0 Å². The number of ether oxygens (including phenoxy) is 1. The highest BCUT2D eigenvalue weighted by atomic mass is 19.1. The Morgan fingerprint density at radius 1 is 1.11 bits per heavy atom. The molecule has 4 N–H and O–H groups in total. The molecule has 6 nitrogen and oxygen atoms in total. The molecule has 2 aliphatic heterocycles. The van der Waals surface area contributed by atoms with Gasteiger partial charge in [0.05, 0.1) is 11.7 Å². The minimum Gasteiger partial charge on any atom is -0.388 e. The summed E-state index contributed by atoms with van der Waals surface area (Å²) < 4.78 is 24.2. The average molecular weight is 506 g/mol. The maximum atomic E-state index is 17.2. The first-order chi connectivity index (χ1) is 17.5. The fourth-order valence-corrected chi connectivity index (χ4v) is 8.76. The van der Waals surface area contributed by atoms with E-state index in [9.17, 15) is 10.2 Å². The molecule has 8 atom stereocenters. The second-order valence-corrected chi connectivity index (χ2v) is 12.6. The molecule has 1 saturated heterocycles. The van der Waals surface area contributed by atoms with Gasteiger partial charge in [-0.3, -0.25) is 0 Å². The summed E-state index contributed by atoms with van der Waals surface area (Å²) in [6, 6.07) is 8.06. The van der Waals surface area contributed by atoms with Gasteiger partial charge in [0.2, 0.25) is 0 Å². The highest BCUT2D eigenvalue weighted by Crippen LogP contribution is 2.71. The van der Waals surface area contributed by atoms with Crippen LogP contribution in [0.4, 0.5) is 10.2 Å². The molecule has 1 aromatic heterocycles. The van der Waals surface area contributed by atoms with E-state index in [1.807, 2.05) is 25.1 Å². The van der Waals surface area contributed by atoms with Crippen LogP contribution in [0.2, 0.25) is 0 Å². The van der Waals surface area contributed by atoms with Crippen LogP contribution in [-0.2, 0) is 4.74 Å². The van der Waals surface area contributed by atoms with E-state index >= 15 is 4.39 Å². The second kappa shape index (κ2) is 7.41. The first-order valence-corrected chi connectivity index (χ1v) is 13.5. The van der Waals surface area contributed by atoms with Gasteiger partial charge in [-0.15, -0.1) is 0 Å². The normalized spacial score (nSPS) is 44.3. The van der Waals surface area contributed by atoms with E-state index < -0.39 is 29.1 Å². The molecule has 2 saturated carbocycles. The van der Waals surface area contributed by atoms with Crippen LogP contribution in [0, 0.1) is 11.3 Å². The summed E-state index contributed by atoms with van der Waals surface area (Å²) >= 11 is 0. The van der Waals surface area contributed by atoms with Crippen LogP contribution in [0.25, 0.3) is 16.3 Å². The number of alkyl halides is 1. The van der Waals surface area contributed by atoms with Crippen molar-refractivity contribution >= 4 is 22.2 Å². The Balaban J connectivity index is 1.30. The number of aliphatic hydroxyl groups excluding tert-OH is 2. The zero-order valence-electron chi connectivity index (χ0n) is 21.7. The molecule has 2 bridgehead atoms. The summed E-state index contributed by atoms with van der Waals surface area (Å²) in [5.41, 5.74) is 5.37. The van der Waals surface area contributed by atoms with Gasteiger partial charge in [0.15, 0.2) is 5.67 Å². The topological polar surface area (TPSA) is 91.8 Å². The van der Waals surface area contributed by atoms with Gasteiger partial charge in [-0.1, -0.05) is 25.1 Å². The summed E-state index contributed by atoms with van der Waals surface area (Å²) in [5.74, 6) is 0.490. The third-order valence-corrected chi connectivity index (χ3v) is 10.7. The lowest BCUT2D eigenvalue weighted by Crippen LogP contribution is -2.68. The molecular formula is C30H36FN3O3. The van der Waals surface area contributed by atoms with Crippen LogP contribution in [0.15, 0.2) is 48.2 Å². The smallest absolute Gasteiger partial charge is 0.158 e. The van der Waals surface area contributed by atoms with Crippen molar-refractivity contribution in [3.05, 3.63) is 53.8 Å². The largest absolute Gasteiger partial charge is 0.388 e. The van der Waals surface area contributed by atoms with E-state index in [2.05, 4.69) is 36.2 Å². The van der Waals surface area contributed by atoms with E-state index in [4.69, 9.17) is 10.5 Å². The number of pyridine rings is 1. The summed E-state index contributed by atoms with van der Waals surface area (Å²) in [6.45, 7) is 2.28. The maximum Gasteiger partial charge on any atom is 0.158 e. The van der Waals surface area contributed by atoms with E-state index in [-0.39, 0.29) is 17.4 Å². The average Bonchev–Trinajstić information content (AvgIpc) is 3.39. The third kappa shape index (κ3) is 2.92. The molecule has 7 heteroatoms. The molecule has 3 heterocycles. The van der Waals surface area contributed by atoms with Crippen molar-refractivity contribution in [2.45, 2.75) is 80.6 Å². The molecule has 5 aliphatic rings. The number of hydrogen-bond donors (Lipinski definition) is 3. The number of fused-ring (bicyclic) bond motifs is 2. The molecule has 37 heavy (non-hydrogen) atoms. The lowest BCUT2D eigenvalue weighted by Gasteiger charge is -2.60. The van der Waals surface area contributed by atoms with Crippen molar-refractivity contribution in [2.24, 2.45) is 11.3 Å². The molecule has 2 unspecified atom stereocenters. The minimum absolute atomic E-state index is 0.00840. The lowest BCUT2D eigenvalue weighted by atomic mass is 9.53. The van der Waals surface area contributed by atoms with Crippen LogP contribution in [-0.4, -0.2) is 69.3 Å². The fraction of sp³-hybridized carbons (Fsp3) is 0.567. The Kier molecular flexibility index (Phi) is 4.76. The van der Waals surface area contributed by atoms with Gasteiger partial charge in [0.1, 0.15) is 17.5 Å². The van der Waals surface area contributed by atoms with Crippen molar-refractivity contribution in [1.82, 2.24) is 9.88 Å². The number of nitrogens with zero attached hydrogens (tertiary/aromatic N) is 2. The van der Waals surface area contributed by atoms with Gasteiger partial charge in [-0.25, -0.2) is 9.37 Å². The number of hydrogen-bond acceptors (Lipinski definition) is 6. The van der Waals surface area contributed by atoms with Gasteiger partial charge in [0, 0.05) is 23.5 Å². The first-order valence-electron chi connectivity index (χ1n) is 13.5. The number of anilines is 1. The van der Waals surface area contributed by atoms with Crippen LogP contribution in [0.3, 0.4) is 0 Å². The molecule has 0 radical (unpaired) electrons. The van der Waals surface area contributed by atoms with E-state index in [0.717, 1.165) is 22.8 Å². The molecule has 196 valence electrons.